The summed E-state index contributed by atoms with van der Waals surface area (Å²) in [6, 6.07) is 0.0909. The van der Waals surface area contributed by atoms with Gasteiger partial charge in [0.05, 0.1) is 0 Å². The molecule has 0 aromatic carbocycles. The minimum absolute atomic E-state index is 0.0909. The molecule has 0 aliphatic carbocycles. The van der Waals surface area contributed by atoms with E-state index in [0.29, 0.717) is 6.54 Å². The van der Waals surface area contributed by atoms with E-state index >= 15 is 0 Å². The van der Waals surface area contributed by atoms with E-state index in [-0.39, 0.29) is 11.9 Å². The van der Waals surface area contributed by atoms with E-state index in [1.807, 2.05) is 6.92 Å². The molecule has 2 atom stereocenters. The van der Waals surface area contributed by atoms with Gasteiger partial charge in [-0.1, -0.05) is 0 Å². The Balaban J connectivity index is 2.45. The Kier molecular flexibility index (Phi) is 4.80. The molecule has 100 valence electrons. The maximum absolute atomic E-state index is 11.9. The molecule has 0 saturated carbocycles. The van der Waals surface area contributed by atoms with Crippen LogP contribution in [0.15, 0.2) is 0 Å². The van der Waals surface area contributed by atoms with Crippen LogP contribution in [0.1, 0.15) is 33.1 Å². The highest BCUT2D eigenvalue weighted by molar-refractivity contribution is 5.80. The lowest BCUT2D eigenvalue weighted by Crippen LogP contribution is -2.47. The van der Waals surface area contributed by atoms with E-state index in [2.05, 4.69) is 4.74 Å². The van der Waals surface area contributed by atoms with Gasteiger partial charge < -0.3 is 9.64 Å². The Morgan fingerprint density at radius 3 is 2.65 bits per heavy atom. The zero-order chi connectivity index (χ0) is 13.1. The second-order valence-corrected chi connectivity index (χ2v) is 4.44. The SMILES string of the molecule is CC(OCC(F)(F)F)C(=O)N1CCCCC1C. The average molecular weight is 253 g/mol. The number of carbonyl (C=O) groups excluding carboxylic acids is 1. The summed E-state index contributed by atoms with van der Waals surface area (Å²) in [5.41, 5.74) is 0. The van der Waals surface area contributed by atoms with Crippen molar-refractivity contribution in [1.82, 2.24) is 4.90 Å². The molecule has 0 spiro atoms. The van der Waals surface area contributed by atoms with E-state index in [4.69, 9.17) is 0 Å². The number of hydrogen-bond donors (Lipinski definition) is 0. The molecule has 0 aromatic rings. The van der Waals surface area contributed by atoms with Gasteiger partial charge in [-0.15, -0.1) is 0 Å². The molecule has 1 rings (SSSR count). The predicted molar refractivity (Wildman–Crippen MR) is 56.5 cm³/mol. The zero-order valence-electron chi connectivity index (χ0n) is 10.1. The Morgan fingerprint density at radius 2 is 2.12 bits per heavy atom. The van der Waals surface area contributed by atoms with Crippen molar-refractivity contribution in [2.45, 2.75) is 51.4 Å². The lowest BCUT2D eigenvalue weighted by molar-refractivity contribution is -0.189. The van der Waals surface area contributed by atoms with Crippen LogP contribution in [0.4, 0.5) is 13.2 Å². The third-order valence-electron chi connectivity index (χ3n) is 2.93. The molecule has 0 bridgehead atoms. The monoisotopic (exact) mass is 253 g/mol. The van der Waals surface area contributed by atoms with Crippen molar-refractivity contribution in [3.8, 4) is 0 Å². The molecule has 1 aliphatic rings. The summed E-state index contributed by atoms with van der Waals surface area (Å²) in [6.07, 6.45) is -2.55. The van der Waals surface area contributed by atoms with E-state index in [0.717, 1.165) is 19.3 Å². The standard InChI is InChI=1S/C11H18F3NO2/c1-8-5-3-4-6-15(8)10(16)9(2)17-7-11(12,13)14/h8-9H,3-7H2,1-2H3. The number of halogens is 3. The molecule has 17 heavy (non-hydrogen) atoms. The molecule has 0 aromatic heterocycles. The number of hydrogen-bond acceptors (Lipinski definition) is 2. The first-order valence-corrected chi connectivity index (χ1v) is 5.80. The number of likely N-dealkylation sites (tertiary alicyclic amines) is 1. The highest BCUT2D eigenvalue weighted by Crippen LogP contribution is 2.19. The van der Waals surface area contributed by atoms with Crippen LogP contribution in [0.2, 0.25) is 0 Å². The topological polar surface area (TPSA) is 29.5 Å². The average Bonchev–Trinajstić information content (AvgIpc) is 2.24. The molecule has 1 aliphatic heterocycles. The molecule has 0 N–H and O–H groups in total. The van der Waals surface area contributed by atoms with Gasteiger partial charge in [0.15, 0.2) is 0 Å². The van der Waals surface area contributed by atoms with Crippen LogP contribution in [0, 0.1) is 0 Å². The number of nitrogens with zero attached hydrogens (tertiary/aromatic N) is 1. The maximum atomic E-state index is 11.9. The first-order valence-electron chi connectivity index (χ1n) is 5.80. The molecule has 1 fully saturated rings. The molecule has 3 nitrogen and oxygen atoms in total. The number of ether oxygens (including phenoxy) is 1. The first kappa shape index (κ1) is 14.3. The highest BCUT2D eigenvalue weighted by atomic mass is 19.4. The van der Waals surface area contributed by atoms with Gasteiger partial charge in [0.2, 0.25) is 0 Å². The number of alkyl halides is 3. The molecule has 1 amide bonds. The van der Waals surface area contributed by atoms with Gasteiger partial charge >= 0.3 is 6.18 Å². The summed E-state index contributed by atoms with van der Waals surface area (Å²) in [7, 11) is 0. The Morgan fingerprint density at radius 1 is 1.47 bits per heavy atom. The van der Waals surface area contributed by atoms with Crippen molar-refractivity contribution in [1.29, 1.82) is 0 Å². The minimum atomic E-state index is -4.39. The Hall–Kier alpha value is -0.780. The van der Waals surface area contributed by atoms with E-state index < -0.39 is 18.9 Å². The van der Waals surface area contributed by atoms with Gasteiger partial charge in [-0.05, 0) is 33.1 Å². The number of piperidine rings is 1. The van der Waals surface area contributed by atoms with Crippen molar-refractivity contribution in [3.05, 3.63) is 0 Å². The van der Waals surface area contributed by atoms with Gasteiger partial charge in [-0.25, -0.2) is 0 Å². The Bertz CT molecular complexity index is 268. The molecule has 0 radical (unpaired) electrons. The quantitative estimate of drug-likeness (QED) is 0.772. The summed E-state index contributed by atoms with van der Waals surface area (Å²) in [6.45, 7) is 2.52. The Labute approximate surface area is 98.9 Å². The number of amides is 1. The van der Waals surface area contributed by atoms with Crippen LogP contribution in [-0.2, 0) is 9.53 Å². The third kappa shape index (κ3) is 4.53. The van der Waals surface area contributed by atoms with Gasteiger partial charge in [0.25, 0.3) is 5.91 Å². The lowest BCUT2D eigenvalue weighted by atomic mass is 10.0. The molecule has 2 unspecified atom stereocenters. The summed E-state index contributed by atoms with van der Waals surface area (Å²) in [5, 5.41) is 0. The fourth-order valence-electron chi connectivity index (χ4n) is 1.95. The van der Waals surface area contributed by atoms with Crippen LogP contribution in [0.5, 0.6) is 0 Å². The van der Waals surface area contributed by atoms with Crippen LogP contribution in [0.3, 0.4) is 0 Å². The van der Waals surface area contributed by atoms with Crippen molar-refractivity contribution >= 4 is 5.91 Å². The van der Waals surface area contributed by atoms with Crippen LogP contribution in [0.25, 0.3) is 0 Å². The lowest BCUT2D eigenvalue weighted by Gasteiger charge is -2.35. The van der Waals surface area contributed by atoms with E-state index in [9.17, 15) is 18.0 Å². The second-order valence-electron chi connectivity index (χ2n) is 4.44. The van der Waals surface area contributed by atoms with Crippen LogP contribution >= 0.6 is 0 Å². The normalized spacial score (nSPS) is 23.6. The van der Waals surface area contributed by atoms with Gasteiger partial charge in [0.1, 0.15) is 12.7 Å². The summed E-state index contributed by atoms with van der Waals surface area (Å²) < 4.78 is 40.4. The van der Waals surface area contributed by atoms with Crippen molar-refractivity contribution < 1.29 is 22.7 Å². The zero-order valence-corrected chi connectivity index (χ0v) is 10.1. The molecule has 1 saturated heterocycles. The van der Waals surface area contributed by atoms with E-state index in [1.54, 1.807) is 4.90 Å². The largest absolute Gasteiger partial charge is 0.411 e. The third-order valence-corrected chi connectivity index (χ3v) is 2.93. The minimum Gasteiger partial charge on any atom is -0.359 e. The summed E-state index contributed by atoms with van der Waals surface area (Å²) in [5.74, 6) is -0.346. The fourth-order valence-corrected chi connectivity index (χ4v) is 1.95. The van der Waals surface area contributed by atoms with Crippen molar-refractivity contribution in [2.75, 3.05) is 13.2 Å². The van der Waals surface area contributed by atoms with Gasteiger partial charge in [-0.3, -0.25) is 4.79 Å². The van der Waals surface area contributed by atoms with Crippen LogP contribution in [-0.4, -0.2) is 42.3 Å². The van der Waals surface area contributed by atoms with Crippen LogP contribution < -0.4 is 0 Å². The fraction of sp³-hybridized carbons (Fsp3) is 0.909. The van der Waals surface area contributed by atoms with Crippen molar-refractivity contribution in [2.24, 2.45) is 0 Å². The first-order chi connectivity index (χ1) is 7.81. The van der Waals surface area contributed by atoms with Gasteiger partial charge in [0, 0.05) is 12.6 Å². The van der Waals surface area contributed by atoms with Crippen molar-refractivity contribution in [3.63, 3.8) is 0 Å². The smallest absolute Gasteiger partial charge is 0.359 e. The molecule has 1 heterocycles. The molecular formula is C11H18F3NO2. The summed E-state index contributed by atoms with van der Waals surface area (Å²) in [4.78, 5) is 13.5. The number of carbonyl (C=O) groups is 1. The second kappa shape index (κ2) is 5.71. The highest BCUT2D eigenvalue weighted by Gasteiger charge is 2.32. The maximum Gasteiger partial charge on any atom is 0.411 e. The number of rotatable bonds is 3. The predicted octanol–water partition coefficient (Wildman–Crippen LogP) is 2.35. The summed E-state index contributed by atoms with van der Waals surface area (Å²) >= 11 is 0. The van der Waals surface area contributed by atoms with Gasteiger partial charge in [-0.2, -0.15) is 13.2 Å². The van der Waals surface area contributed by atoms with E-state index in [1.165, 1.54) is 6.92 Å². The molecular weight excluding hydrogens is 235 g/mol. The molecule has 6 heteroatoms.